The molecule has 0 saturated carbocycles. The molecule has 4 aromatic heterocycles. The topological polar surface area (TPSA) is 87.2 Å². The second-order valence-electron chi connectivity index (χ2n) is 18.7. The Balaban J connectivity index is 1.08. The summed E-state index contributed by atoms with van der Waals surface area (Å²) < 4.78 is 4.64. The molecule has 13 aromatic rings. The third-order valence-electron chi connectivity index (χ3n) is 14.3. The van der Waals surface area contributed by atoms with Gasteiger partial charge in [-0.3, -0.25) is 4.57 Å². The van der Waals surface area contributed by atoms with Crippen LogP contribution in [0.2, 0.25) is 0 Å². The molecular formula is C63H42N8. The number of fused-ring (bicyclic) bond motifs is 10. The number of benzene rings is 9. The average Bonchev–Trinajstić information content (AvgIpc) is 4.05. The molecule has 14 rings (SSSR count). The molecule has 1 aliphatic rings. The van der Waals surface area contributed by atoms with E-state index in [1.54, 1.807) is 0 Å². The molecule has 8 nitrogen and oxygen atoms in total. The van der Waals surface area contributed by atoms with Gasteiger partial charge in [0.15, 0.2) is 29.1 Å². The summed E-state index contributed by atoms with van der Waals surface area (Å²) in [5.41, 5.74) is 14.2. The van der Waals surface area contributed by atoms with E-state index in [1.807, 2.05) is 78.9 Å². The Labute approximate surface area is 409 Å². The van der Waals surface area contributed by atoms with Crippen LogP contribution in [0.25, 0.3) is 123 Å². The van der Waals surface area contributed by atoms with Crippen LogP contribution in [0, 0.1) is 0 Å². The van der Waals surface area contributed by atoms with Crippen molar-refractivity contribution in [3.05, 3.63) is 230 Å². The van der Waals surface area contributed by atoms with Gasteiger partial charge in [0.1, 0.15) is 0 Å². The first-order valence-corrected chi connectivity index (χ1v) is 24.0. The third kappa shape index (κ3) is 6.31. The van der Waals surface area contributed by atoms with Gasteiger partial charge in [0, 0.05) is 54.8 Å². The molecule has 0 unspecified atom stereocenters. The predicted octanol–water partition coefficient (Wildman–Crippen LogP) is 14.9. The number of rotatable bonds is 7. The lowest BCUT2D eigenvalue weighted by Crippen LogP contribution is -2.14. The molecule has 0 N–H and O–H groups in total. The van der Waals surface area contributed by atoms with Crippen LogP contribution in [0.3, 0.4) is 0 Å². The molecule has 9 aromatic carbocycles. The van der Waals surface area contributed by atoms with Crippen molar-refractivity contribution >= 4 is 43.6 Å². The Hall–Kier alpha value is -9.40. The largest absolute Gasteiger partial charge is 0.306 e. The first-order chi connectivity index (χ1) is 35.0. The summed E-state index contributed by atoms with van der Waals surface area (Å²) >= 11 is 0. The second-order valence-corrected chi connectivity index (χ2v) is 18.7. The summed E-state index contributed by atoms with van der Waals surface area (Å²) in [4.78, 5) is 31.9. The summed E-state index contributed by atoms with van der Waals surface area (Å²) in [6.07, 6.45) is 0. The van der Waals surface area contributed by atoms with Gasteiger partial charge in [-0.25, -0.2) is 19.9 Å². The number of nitrogens with zero attached hydrogens (tertiary/aromatic N) is 8. The van der Waals surface area contributed by atoms with Gasteiger partial charge in [-0.05, 0) is 46.5 Å². The maximum Gasteiger partial charge on any atom is 0.238 e. The fourth-order valence-electron chi connectivity index (χ4n) is 11.0. The van der Waals surface area contributed by atoms with E-state index < -0.39 is 0 Å². The summed E-state index contributed by atoms with van der Waals surface area (Å²) in [5, 5.41) is 4.37. The van der Waals surface area contributed by atoms with Crippen LogP contribution in [0.1, 0.15) is 25.0 Å². The number of hydrogen-bond donors (Lipinski definition) is 0. The van der Waals surface area contributed by atoms with Crippen LogP contribution in [0.15, 0.2) is 218 Å². The number of aromatic nitrogens is 8. The predicted molar refractivity (Wildman–Crippen MR) is 287 cm³/mol. The molecular weight excluding hydrogens is 869 g/mol. The van der Waals surface area contributed by atoms with Gasteiger partial charge in [-0.15, -0.1) is 0 Å². The molecule has 0 aliphatic heterocycles. The highest BCUT2D eigenvalue weighted by atomic mass is 15.2. The SMILES string of the molecule is CC1(C)c2ccccc2-c2c(-c3nc(-c4ccccc4)nc(-n4c5ccccc5c5ccc6c7ccccc7n(-c7ccccc7-c7nc(-c8ccccc8)nc(-c8ccccc8)n7)c6c54)n3)cccc21. The van der Waals surface area contributed by atoms with Crippen molar-refractivity contribution in [1.29, 1.82) is 0 Å². The van der Waals surface area contributed by atoms with E-state index in [1.165, 1.54) is 16.7 Å². The maximum atomic E-state index is 5.58. The lowest BCUT2D eigenvalue weighted by atomic mass is 9.82. The molecule has 0 bridgehead atoms. The highest BCUT2D eigenvalue weighted by Gasteiger charge is 2.37. The zero-order chi connectivity index (χ0) is 47.2. The fraction of sp³-hybridized carbons (Fsp3) is 0.0476. The second kappa shape index (κ2) is 15.8. The lowest BCUT2D eigenvalue weighted by molar-refractivity contribution is 0.660. The fourth-order valence-corrected chi connectivity index (χ4v) is 11.0. The molecule has 334 valence electrons. The minimum Gasteiger partial charge on any atom is -0.306 e. The number of para-hydroxylation sites is 3. The van der Waals surface area contributed by atoms with Gasteiger partial charge in [0.2, 0.25) is 5.95 Å². The average molecular weight is 911 g/mol. The Kier molecular flexibility index (Phi) is 9.06. The molecule has 0 fully saturated rings. The van der Waals surface area contributed by atoms with Crippen molar-refractivity contribution < 1.29 is 0 Å². The van der Waals surface area contributed by atoms with E-state index in [-0.39, 0.29) is 5.41 Å². The smallest absolute Gasteiger partial charge is 0.238 e. The van der Waals surface area contributed by atoms with Crippen molar-refractivity contribution in [2.45, 2.75) is 19.3 Å². The van der Waals surface area contributed by atoms with Crippen LogP contribution < -0.4 is 0 Å². The quantitative estimate of drug-likeness (QED) is 0.158. The van der Waals surface area contributed by atoms with E-state index in [0.717, 1.165) is 82.7 Å². The normalized spacial score (nSPS) is 12.8. The van der Waals surface area contributed by atoms with Gasteiger partial charge in [0.25, 0.3) is 0 Å². The zero-order valence-electron chi connectivity index (χ0n) is 38.9. The van der Waals surface area contributed by atoms with Crippen LogP contribution in [0.4, 0.5) is 0 Å². The Bertz CT molecular complexity index is 4190. The Morgan fingerprint density at radius 3 is 1.35 bits per heavy atom. The van der Waals surface area contributed by atoms with Crippen molar-refractivity contribution in [2.75, 3.05) is 0 Å². The number of hydrogen-bond acceptors (Lipinski definition) is 6. The summed E-state index contributed by atoms with van der Waals surface area (Å²) in [5.74, 6) is 3.51. The third-order valence-corrected chi connectivity index (χ3v) is 14.3. The van der Waals surface area contributed by atoms with Gasteiger partial charge >= 0.3 is 0 Å². The molecule has 4 heterocycles. The Morgan fingerprint density at radius 2 is 0.732 bits per heavy atom. The highest BCUT2D eigenvalue weighted by molar-refractivity contribution is 6.24. The highest BCUT2D eigenvalue weighted by Crippen LogP contribution is 2.52. The van der Waals surface area contributed by atoms with E-state index in [9.17, 15) is 0 Å². The summed E-state index contributed by atoms with van der Waals surface area (Å²) in [6.45, 7) is 4.61. The molecule has 0 radical (unpaired) electrons. The Morgan fingerprint density at radius 1 is 0.310 bits per heavy atom. The maximum absolute atomic E-state index is 5.58. The zero-order valence-corrected chi connectivity index (χ0v) is 38.9. The summed E-state index contributed by atoms with van der Waals surface area (Å²) in [7, 11) is 0. The van der Waals surface area contributed by atoms with Crippen molar-refractivity contribution in [1.82, 2.24) is 39.0 Å². The molecule has 1 aliphatic carbocycles. The molecule has 0 atom stereocenters. The van der Waals surface area contributed by atoms with Crippen LogP contribution in [0.5, 0.6) is 0 Å². The van der Waals surface area contributed by atoms with Crippen LogP contribution >= 0.6 is 0 Å². The molecule has 8 heteroatoms. The van der Waals surface area contributed by atoms with Crippen molar-refractivity contribution in [2.24, 2.45) is 0 Å². The minimum atomic E-state index is -0.199. The first kappa shape index (κ1) is 40.6. The molecule has 71 heavy (non-hydrogen) atoms. The van der Waals surface area contributed by atoms with E-state index in [4.69, 9.17) is 29.9 Å². The van der Waals surface area contributed by atoms with E-state index in [2.05, 4.69) is 163 Å². The minimum absolute atomic E-state index is 0.199. The first-order valence-electron chi connectivity index (χ1n) is 24.0. The van der Waals surface area contributed by atoms with Crippen LogP contribution in [-0.2, 0) is 5.41 Å². The van der Waals surface area contributed by atoms with Gasteiger partial charge < -0.3 is 4.57 Å². The molecule has 0 spiro atoms. The lowest BCUT2D eigenvalue weighted by Gasteiger charge is -2.21. The van der Waals surface area contributed by atoms with Gasteiger partial charge in [0.05, 0.1) is 27.8 Å². The molecule has 0 amide bonds. The molecule has 0 saturated heterocycles. The van der Waals surface area contributed by atoms with Gasteiger partial charge in [-0.2, -0.15) is 9.97 Å². The van der Waals surface area contributed by atoms with Crippen molar-refractivity contribution in [3.63, 3.8) is 0 Å². The van der Waals surface area contributed by atoms with Gasteiger partial charge in [-0.1, -0.05) is 208 Å². The summed E-state index contributed by atoms with van der Waals surface area (Å²) in [6, 6.07) is 76.0. The monoisotopic (exact) mass is 910 g/mol. The van der Waals surface area contributed by atoms with E-state index >= 15 is 0 Å². The van der Waals surface area contributed by atoms with Crippen LogP contribution in [-0.4, -0.2) is 39.0 Å². The van der Waals surface area contributed by atoms with E-state index in [0.29, 0.717) is 35.1 Å². The van der Waals surface area contributed by atoms with Crippen molar-refractivity contribution in [3.8, 4) is 79.7 Å². The standard InChI is InChI=1S/C63H42N8/c1-63(2)49-32-16-12-29-46(49)54-48(31-20-33-50(54)63)61-67-59(41-25-10-5-11-26-41)68-62(69-61)71-52-35-18-14-28-43(52)45-38-37-44-42-27-13-17-34-51(42)70(55(44)56(45)71)53-36-19-15-30-47(53)60-65-57(39-21-6-3-7-22-39)64-58(66-60)40-23-8-4-9-24-40/h3-38H,1-2H3.